The minimum absolute atomic E-state index is 0.410. The Morgan fingerprint density at radius 3 is 2.94 bits per heavy atom. The van der Waals surface area contributed by atoms with E-state index >= 15 is 0 Å². The number of aromatic nitrogens is 1. The molecule has 3 nitrogen and oxygen atoms in total. The van der Waals surface area contributed by atoms with Gasteiger partial charge in [-0.25, -0.2) is 4.98 Å². The number of ether oxygens (including phenoxy) is 1. The Bertz CT molecular complexity index is 513. The van der Waals surface area contributed by atoms with Crippen molar-refractivity contribution >= 4 is 22.9 Å². The number of nitrogens with zero attached hydrogens (tertiary/aromatic N) is 1. The van der Waals surface area contributed by atoms with Crippen LogP contribution in [-0.2, 0) is 13.2 Å². The van der Waals surface area contributed by atoms with Gasteiger partial charge in [-0.05, 0) is 25.1 Å². The zero-order chi connectivity index (χ0) is 12.3. The first-order chi connectivity index (χ1) is 8.19. The van der Waals surface area contributed by atoms with Gasteiger partial charge in [0.1, 0.15) is 17.4 Å². The molecule has 0 aliphatic rings. The summed E-state index contributed by atoms with van der Waals surface area (Å²) in [6, 6.07) is 5.46. The third kappa shape index (κ3) is 3.19. The Kier molecular flexibility index (Phi) is 3.99. The van der Waals surface area contributed by atoms with Crippen LogP contribution in [0, 0.1) is 6.92 Å². The number of halogens is 1. The van der Waals surface area contributed by atoms with Crippen LogP contribution in [-0.4, -0.2) is 4.98 Å². The molecule has 1 heterocycles. The molecule has 0 spiro atoms. The maximum Gasteiger partial charge on any atom is 0.140 e. The Balaban J connectivity index is 2.08. The van der Waals surface area contributed by atoms with E-state index in [4.69, 9.17) is 22.1 Å². The second kappa shape index (κ2) is 5.49. The van der Waals surface area contributed by atoms with E-state index in [0.29, 0.717) is 18.2 Å². The molecule has 0 radical (unpaired) electrons. The van der Waals surface area contributed by atoms with Crippen LogP contribution in [0.1, 0.15) is 16.3 Å². The number of aryl methyl sites for hydroxylation is 1. The van der Waals surface area contributed by atoms with Crippen LogP contribution in [0.4, 0.5) is 0 Å². The average Bonchev–Trinajstić information content (AvgIpc) is 2.73. The second-order valence-electron chi connectivity index (χ2n) is 3.63. The molecule has 0 atom stereocenters. The maximum atomic E-state index is 5.89. The molecule has 0 aliphatic heterocycles. The van der Waals surface area contributed by atoms with Crippen molar-refractivity contribution in [3.8, 4) is 5.75 Å². The predicted octanol–water partition coefficient (Wildman–Crippen LogP) is 3.14. The average molecular weight is 269 g/mol. The summed E-state index contributed by atoms with van der Waals surface area (Å²) < 4.78 is 5.69. The summed E-state index contributed by atoms with van der Waals surface area (Å²) in [6.07, 6.45) is 0. The number of benzene rings is 1. The molecule has 5 heteroatoms. The van der Waals surface area contributed by atoms with Gasteiger partial charge >= 0.3 is 0 Å². The molecule has 0 saturated heterocycles. The summed E-state index contributed by atoms with van der Waals surface area (Å²) in [5, 5.41) is 3.63. The van der Waals surface area contributed by atoms with Crippen LogP contribution in [0.5, 0.6) is 5.75 Å². The first-order valence-electron chi connectivity index (χ1n) is 5.21. The van der Waals surface area contributed by atoms with E-state index in [1.54, 1.807) is 17.4 Å². The van der Waals surface area contributed by atoms with Crippen LogP contribution >= 0.6 is 22.9 Å². The van der Waals surface area contributed by atoms with Gasteiger partial charge in [0.15, 0.2) is 0 Å². The predicted molar refractivity (Wildman–Crippen MR) is 70.5 cm³/mol. The van der Waals surface area contributed by atoms with Crippen molar-refractivity contribution in [3.05, 3.63) is 44.9 Å². The first kappa shape index (κ1) is 12.4. The molecule has 2 rings (SSSR count). The quantitative estimate of drug-likeness (QED) is 0.927. The Hall–Kier alpha value is -1.10. The fourth-order valence-electron chi connectivity index (χ4n) is 1.46. The van der Waals surface area contributed by atoms with E-state index in [-0.39, 0.29) is 0 Å². The van der Waals surface area contributed by atoms with Gasteiger partial charge in [-0.3, -0.25) is 0 Å². The van der Waals surface area contributed by atoms with Gasteiger partial charge in [0.05, 0.1) is 0 Å². The number of hydrogen-bond donors (Lipinski definition) is 1. The van der Waals surface area contributed by atoms with Crippen molar-refractivity contribution in [3.63, 3.8) is 0 Å². The molecular weight excluding hydrogens is 256 g/mol. The van der Waals surface area contributed by atoms with Crippen LogP contribution in [0.2, 0.25) is 5.02 Å². The highest BCUT2D eigenvalue weighted by Gasteiger charge is 2.05. The largest absolute Gasteiger partial charge is 0.486 e. The Labute approximate surface area is 109 Å². The first-order valence-corrected chi connectivity index (χ1v) is 6.47. The third-order valence-electron chi connectivity index (χ3n) is 2.26. The van der Waals surface area contributed by atoms with E-state index in [0.717, 1.165) is 22.0 Å². The number of thiazole rings is 1. The molecule has 0 bridgehead atoms. The lowest BCUT2D eigenvalue weighted by Crippen LogP contribution is -2.02. The van der Waals surface area contributed by atoms with Crippen molar-refractivity contribution in [1.82, 2.24) is 4.98 Å². The number of nitrogens with two attached hydrogens (primary N) is 1. The summed E-state index contributed by atoms with van der Waals surface area (Å²) in [5.41, 5.74) is 7.57. The van der Waals surface area contributed by atoms with Gasteiger partial charge in [0.25, 0.3) is 0 Å². The molecule has 2 aromatic rings. The fourth-order valence-corrected chi connectivity index (χ4v) is 2.33. The van der Waals surface area contributed by atoms with E-state index in [2.05, 4.69) is 4.98 Å². The minimum Gasteiger partial charge on any atom is -0.486 e. The van der Waals surface area contributed by atoms with Crippen molar-refractivity contribution in [2.24, 2.45) is 5.73 Å². The lowest BCUT2D eigenvalue weighted by Gasteiger charge is -2.09. The van der Waals surface area contributed by atoms with E-state index in [1.165, 1.54) is 0 Å². The molecule has 2 N–H and O–H groups in total. The molecule has 0 fully saturated rings. The van der Waals surface area contributed by atoms with Crippen molar-refractivity contribution in [1.29, 1.82) is 0 Å². The van der Waals surface area contributed by atoms with E-state index in [9.17, 15) is 0 Å². The molecule has 0 amide bonds. The molecule has 1 aromatic carbocycles. The topological polar surface area (TPSA) is 48.1 Å². The SMILES string of the molecule is Cc1csc(COc2ccc(Cl)cc2CN)n1. The molecular formula is C12H13ClN2OS. The highest BCUT2D eigenvalue weighted by molar-refractivity contribution is 7.09. The Morgan fingerprint density at radius 2 is 2.29 bits per heavy atom. The second-order valence-corrected chi connectivity index (χ2v) is 5.01. The summed E-state index contributed by atoms with van der Waals surface area (Å²) in [7, 11) is 0. The molecule has 90 valence electrons. The van der Waals surface area contributed by atoms with Crippen molar-refractivity contribution in [2.45, 2.75) is 20.1 Å². The summed E-state index contributed by atoms with van der Waals surface area (Å²) in [5.74, 6) is 0.768. The number of rotatable bonds is 4. The van der Waals surface area contributed by atoms with Gasteiger partial charge in [-0.15, -0.1) is 11.3 Å². The van der Waals surface area contributed by atoms with Crippen LogP contribution in [0.25, 0.3) is 0 Å². The van der Waals surface area contributed by atoms with Gasteiger partial charge in [-0.1, -0.05) is 11.6 Å². The highest BCUT2D eigenvalue weighted by Crippen LogP contribution is 2.23. The highest BCUT2D eigenvalue weighted by atomic mass is 35.5. The van der Waals surface area contributed by atoms with Crippen LogP contribution < -0.4 is 10.5 Å². The minimum atomic E-state index is 0.410. The third-order valence-corrected chi connectivity index (χ3v) is 3.44. The van der Waals surface area contributed by atoms with Gasteiger partial charge in [-0.2, -0.15) is 0 Å². The maximum absolute atomic E-state index is 5.89. The lowest BCUT2D eigenvalue weighted by atomic mass is 10.2. The molecule has 17 heavy (non-hydrogen) atoms. The number of hydrogen-bond acceptors (Lipinski definition) is 4. The Morgan fingerprint density at radius 1 is 1.47 bits per heavy atom. The van der Waals surface area contributed by atoms with Crippen molar-refractivity contribution in [2.75, 3.05) is 0 Å². The van der Waals surface area contributed by atoms with Gasteiger partial charge in [0.2, 0.25) is 0 Å². The summed E-state index contributed by atoms with van der Waals surface area (Å²) >= 11 is 7.49. The summed E-state index contributed by atoms with van der Waals surface area (Å²) in [6.45, 7) is 2.84. The molecule has 1 aromatic heterocycles. The normalized spacial score (nSPS) is 10.5. The van der Waals surface area contributed by atoms with Gasteiger partial charge in [0, 0.05) is 28.2 Å². The van der Waals surface area contributed by atoms with Crippen LogP contribution in [0.3, 0.4) is 0 Å². The van der Waals surface area contributed by atoms with E-state index < -0.39 is 0 Å². The molecule has 0 unspecified atom stereocenters. The van der Waals surface area contributed by atoms with E-state index in [1.807, 2.05) is 24.4 Å². The van der Waals surface area contributed by atoms with Crippen LogP contribution in [0.15, 0.2) is 23.6 Å². The summed E-state index contributed by atoms with van der Waals surface area (Å²) in [4.78, 5) is 4.34. The van der Waals surface area contributed by atoms with Crippen molar-refractivity contribution < 1.29 is 4.74 Å². The lowest BCUT2D eigenvalue weighted by molar-refractivity contribution is 0.302. The smallest absolute Gasteiger partial charge is 0.140 e. The standard InChI is InChI=1S/C12H13ClN2OS/c1-8-7-17-12(15-8)6-16-11-3-2-10(13)4-9(11)5-14/h2-4,7H,5-6,14H2,1H3. The zero-order valence-electron chi connectivity index (χ0n) is 9.44. The monoisotopic (exact) mass is 268 g/mol. The zero-order valence-corrected chi connectivity index (χ0v) is 11.0. The molecule has 0 saturated carbocycles. The fraction of sp³-hybridized carbons (Fsp3) is 0.250. The molecule has 0 aliphatic carbocycles. The van der Waals surface area contributed by atoms with Gasteiger partial charge < -0.3 is 10.5 Å².